The van der Waals surface area contributed by atoms with Gasteiger partial charge in [0.25, 0.3) is 0 Å². The number of carbonyl (C=O) groups excluding carboxylic acids is 1. The predicted octanol–water partition coefficient (Wildman–Crippen LogP) is 3.19. The van der Waals surface area contributed by atoms with Gasteiger partial charge < -0.3 is 5.32 Å². The number of hydrogen-bond acceptors (Lipinski definition) is 4. The van der Waals surface area contributed by atoms with Gasteiger partial charge in [-0.15, -0.1) is 11.3 Å². The topological polar surface area (TPSA) is 45.2 Å². The van der Waals surface area contributed by atoms with Crippen LogP contribution < -0.4 is 5.32 Å². The molecule has 0 bridgehead atoms. The fourth-order valence-corrected chi connectivity index (χ4v) is 3.01. The van der Waals surface area contributed by atoms with E-state index in [-0.39, 0.29) is 18.1 Å². The zero-order chi connectivity index (χ0) is 15.5. The van der Waals surface area contributed by atoms with Gasteiger partial charge in [0.2, 0.25) is 5.91 Å². The Kier molecular flexibility index (Phi) is 4.49. The fraction of sp³-hybridized carbons (Fsp3) is 0.375. The highest BCUT2D eigenvalue weighted by atomic mass is 32.1. The Morgan fingerprint density at radius 1 is 1.50 bits per heavy atom. The summed E-state index contributed by atoms with van der Waals surface area (Å²) in [6.45, 7) is 2.80. The molecule has 1 heterocycles. The number of anilines is 1. The lowest BCUT2D eigenvalue weighted by Crippen LogP contribution is -2.34. The minimum absolute atomic E-state index is 0.187. The van der Waals surface area contributed by atoms with Crippen molar-refractivity contribution >= 4 is 22.9 Å². The Labute approximate surface area is 133 Å². The van der Waals surface area contributed by atoms with E-state index in [0.717, 1.165) is 23.4 Å². The van der Waals surface area contributed by atoms with Gasteiger partial charge >= 0.3 is 0 Å². The van der Waals surface area contributed by atoms with E-state index < -0.39 is 5.82 Å². The molecule has 22 heavy (non-hydrogen) atoms. The van der Waals surface area contributed by atoms with Crippen molar-refractivity contribution in [3.8, 4) is 0 Å². The maximum Gasteiger partial charge on any atom is 0.238 e. The second-order valence-corrected chi connectivity index (χ2v) is 6.57. The summed E-state index contributed by atoms with van der Waals surface area (Å²) in [5.41, 5.74) is 1.16. The molecule has 4 nitrogen and oxygen atoms in total. The van der Waals surface area contributed by atoms with Crippen LogP contribution in [0.1, 0.15) is 23.4 Å². The number of rotatable bonds is 6. The predicted molar refractivity (Wildman–Crippen MR) is 85.3 cm³/mol. The van der Waals surface area contributed by atoms with E-state index in [9.17, 15) is 9.18 Å². The summed E-state index contributed by atoms with van der Waals surface area (Å²) < 4.78 is 13.7. The van der Waals surface area contributed by atoms with Gasteiger partial charge in [0.15, 0.2) is 0 Å². The SMILES string of the molecule is Cc1ccc(F)c(NC(=O)CN(Cc2nccs2)C2CC2)c1. The second kappa shape index (κ2) is 6.54. The first-order valence-corrected chi connectivity index (χ1v) is 8.18. The van der Waals surface area contributed by atoms with Crippen molar-refractivity contribution in [3.05, 3.63) is 46.2 Å². The Bertz CT molecular complexity index is 655. The van der Waals surface area contributed by atoms with Gasteiger partial charge in [0, 0.05) is 17.6 Å². The molecule has 1 aromatic heterocycles. The van der Waals surface area contributed by atoms with Crippen LogP contribution in [0.5, 0.6) is 0 Å². The molecule has 1 fully saturated rings. The molecule has 0 spiro atoms. The zero-order valence-corrected chi connectivity index (χ0v) is 13.2. The first kappa shape index (κ1) is 15.1. The quantitative estimate of drug-likeness (QED) is 0.889. The molecule has 116 valence electrons. The molecular weight excluding hydrogens is 301 g/mol. The van der Waals surface area contributed by atoms with Crippen LogP contribution in [0.2, 0.25) is 0 Å². The van der Waals surface area contributed by atoms with Crippen LogP contribution in [0.25, 0.3) is 0 Å². The number of halogens is 1. The molecular formula is C16H18FN3OS. The lowest BCUT2D eigenvalue weighted by atomic mass is 10.2. The van der Waals surface area contributed by atoms with Gasteiger partial charge in [-0.05, 0) is 37.5 Å². The van der Waals surface area contributed by atoms with Gasteiger partial charge in [0.1, 0.15) is 10.8 Å². The average molecular weight is 319 g/mol. The largest absolute Gasteiger partial charge is 0.322 e. The van der Waals surface area contributed by atoms with Gasteiger partial charge in [-0.2, -0.15) is 0 Å². The van der Waals surface area contributed by atoms with Crippen molar-refractivity contribution < 1.29 is 9.18 Å². The minimum atomic E-state index is -0.406. The molecule has 6 heteroatoms. The molecule has 1 aliphatic rings. The summed E-state index contributed by atoms with van der Waals surface area (Å²) in [6.07, 6.45) is 3.99. The maximum atomic E-state index is 13.7. The Morgan fingerprint density at radius 2 is 2.32 bits per heavy atom. The summed E-state index contributed by atoms with van der Waals surface area (Å²) in [7, 11) is 0. The fourth-order valence-electron chi connectivity index (χ4n) is 2.37. The van der Waals surface area contributed by atoms with Crippen molar-refractivity contribution in [1.82, 2.24) is 9.88 Å². The number of nitrogens with one attached hydrogen (secondary N) is 1. The highest BCUT2D eigenvalue weighted by Gasteiger charge is 2.30. The molecule has 0 aliphatic heterocycles. The van der Waals surface area contributed by atoms with Gasteiger partial charge in [0.05, 0.1) is 18.8 Å². The normalized spacial score (nSPS) is 14.3. The lowest BCUT2D eigenvalue weighted by Gasteiger charge is -2.20. The first-order valence-electron chi connectivity index (χ1n) is 7.30. The molecule has 1 aliphatic carbocycles. The number of benzene rings is 1. The molecule has 3 rings (SSSR count). The number of amides is 1. The van der Waals surface area contributed by atoms with Crippen LogP contribution in [0.4, 0.5) is 10.1 Å². The van der Waals surface area contributed by atoms with E-state index in [4.69, 9.17) is 0 Å². The van der Waals surface area contributed by atoms with E-state index in [1.165, 1.54) is 6.07 Å². The molecule has 0 radical (unpaired) electrons. The van der Waals surface area contributed by atoms with Gasteiger partial charge in [-0.3, -0.25) is 9.69 Å². The number of nitrogens with zero attached hydrogens (tertiary/aromatic N) is 2. The van der Waals surface area contributed by atoms with Crippen molar-refractivity contribution in [2.24, 2.45) is 0 Å². The lowest BCUT2D eigenvalue weighted by molar-refractivity contribution is -0.117. The second-order valence-electron chi connectivity index (χ2n) is 5.59. The van der Waals surface area contributed by atoms with E-state index in [0.29, 0.717) is 12.6 Å². The number of thiazole rings is 1. The summed E-state index contributed by atoms with van der Waals surface area (Å²) in [6, 6.07) is 5.15. The molecule has 0 atom stereocenters. The third-order valence-corrected chi connectivity index (χ3v) is 4.39. The van der Waals surface area contributed by atoms with E-state index in [2.05, 4.69) is 15.2 Å². The average Bonchev–Trinajstić information content (AvgIpc) is 3.20. The molecule has 0 unspecified atom stereocenters. The summed E-state index contributed by atoms with van der Waals surface area (Å²) >= 11 is 1.59. The number of aromatic nitrogens is 1. The van der Waals surface area contributed by atoms with Crippen LogP contribution in [0.3, 0.4) is 0 Å². The van der Waals surface area contributed by atoms with Crippen molar-refractivity contribution in [2.45, 2.75) is 32.4 Å². The molecule has 1 aromatic carbocycles. The number of carbonyl (C=O) groups is 1. The van der Waals surface area contributed by atoms with Gasteiger partial charge in [-0.1, -0.05) is 6.07 Å². The van der Waals surface area contributed by atoms with E-state index in [1.807, 2.05) is 12.3 Å². The summed E-state index contributed by atoms with van der Waals surface area (Å²) in [5, 5.41) is 5.61. The Balaban J connectivity index is 1.62. The standard InChI is InChI=1S/C16H18FN3OS/c1-11-2-5-13(17)14(8-11)19-15(21)9-20(12-3-4-12)10-16-18-6-7-22-16/h2,5-8,12H,3-4,9-10H2,1H3,(H,19,21). The number of hydrogen-bond donors (Lipinski definition) is 1. The smallest absolute Gasteiger partial charge is 0.238 e. The Morgan fingerprint density at radius 3 is 3.00 bits per heavy atom. The minimum Gasteiger partial charge on any atom is -0.322 e. The summed E-state index contributed by atoms with van der Waals surface area (Å²) in [4.78, 5) is 18.6. The highest BCUT2D eigenvalue weighted by molar-refractivity contribution is 7.09. The molecule has 1 saturated carbocycles. The zero-order valence-electron chi connectivity index (χ0n) is 12.4. The first-order chi connectivity index (χ1) is 10.6. The third kappa shape index (κ3) is 3.90. The number of aryl methyl sites for hydroxylation is 1. The van der Waals surface area contributed by atoms with Crippen LogP contribution in [-0.2, 0) is 11.3 Å². The maximum absolute atomic E-state index is 13.7. The molecule has 0 saturated heterocycles. The highest BCUT2D eigenvalue weighted by Crippen LogP contribution is 2.28. The van der Waals surface area contributed by atoms with Crippen molar-refractivity contribution in [1.29, 1.82) is 0 Å². The third-order valence-electron chi connectivity index (χ3n) is 3.63. The van der Waals surface area contributed by atoms with Crippen LogP contribution in [0, 0.1) is 12.7 Å². The molecule has 1 amide bonds. The molecule has 2 aromatic rings. The van der Waals surface area contributed by atoms with Crippen molar-refractivity contribution in [2.75, 3.05) is 11.9 Å². The van der Waals surface area contributed by atoms with Crippen LogP contribution in [0.15, 0.2) is 29.8 Å². The Hall–Kier alpha value is -1.79. The van der Waals surface area contributed by atoms with Crippen molar-refractivity contribution in [3.63, 3.8) is 0 Å². The van der Waals surface area contributed by atoms with Crippen LogP contribution >= 0.6 is 11.3 Å². The van der Waals surface area contributed by atoms with E-state index in [1.54, 1.807) is 29.7 Å². The summed E-state index contributed by atoms with van der Waals surface area (Å²) in [5.74, 6) is -0.593. The molecule has 1 N–H and O–H groups in total. The van der Waals surface area contributed by atoms with Crippen LogP contribution in [-0.4, -0.2) is 28.4 Å². The monoisotopic (exact) mass is 319 g/mol. The van der Waals surface area contributed by atoms with Gasteiger partial charge in [-0.25, -0.2) is 9.37 Å². The van der Waals surface area contributed by atoms with E-state index >= 15 is 0 Å².